The maximum absolute atomic E-state index is 13.8. The van der Waals surface area contributed by atoms with Crippen LogP contribution in [0.2, 0.25) is 0 Å². The lowest BCUT2D eigenvalue weighted by molar-refractivity contribution is -0.140. The van der Waals surface area contributed by atoms with E-state index in [0.717, 1.165) is 6.20 Å². The van der Waals surface area contributed by atoms with E-state index in [1.54, 1.807) is 4.90 Å². The summed E-state index contributed by atoms with van der Waals surface area (Å²) in [6.45, 7) is 1.84. The molecule has 0 amide bonds. The van der Waals surface area contributed by atoms with Gasteiger partial charge in [-0.3, -0.25) is 0 Å². The Bertz CT molecular complexity index is 640. The quantitative estimate of drug-likeness (QED) is 0.503. The van der Waals surface area contributed by atoms with E-state index in [-0.39, 0.29) is 11.8 Å². The van der Waals surface area contributed by atoms with Crippen LogP contribution in [-0.4, -0.2) is 35.3 Å². The number of nitrogens with zero attached hydrogens (tertiary/aromatic N) is 1. The summed E-state index contributed by atoms with van der Waals surface area (Å²) in [7, 11) is 1.36. The number of ether oxygens (including phenoxy) is 1. The van der Waals surface area contributed by atoms with Crippen molar-refractivity contribution in [2.75, 3.05) is 12.0 Å². The molecule has 6 nitrogen and oxygen atoms in total. The van der Waals surface area contributed by atoms with Gasteiger partial charge in [-0.2, -0.15) is 0 Å². The summed E-state index contributed by atoms with van der Waals surface area (Å²) in [4.78, 5) is 23.6. The second-order valence-electron chi connectivity index (χ2n) is 5.03. The van der Waals surface area contributed by atoms with Crippen LogP contribution in [0.4, 0.5) is 10.1 Å². The van der Waals surface area contributed by atoms with Gasteiger partial charge in [0.25, 0.3) is 0 Å². The van der Waals surface area contributed by atoms with E-state index < -0.39 is 23.3 Å². The third-order valence-corrected chi connectivity index (χ3v) is 3.69. The van der Waals surface area contributed by atoms with Gasteiger partial charge < -0.3 is 19.8 Å². The summed E-state index contributed by atoms with van der Waals surface area (Å²) in [5.74, 6) is -3.45. The molecule has 22 heavy (non-hydrogen) atoms. The van der Waals surface area contributed by atoms with Gasteiger partial charge in [0.15, 0.2) is 17.1 Å². The second kappa shape index (κ2) is 6.05. The molecule has 0 aliphatic carbocycles. The molecule has 1 aliphatic rings. The van der Waals surface area contributed by atoms with Crippen molar-refractivity contribution in [3.63, 3.8) is 0 Å². The topological polar surface area (TPSA) is 87.1 Å². The van der Waals surface area contributed by atoms with Gasteiger partial charge in [-0.15, -0.1) is 0 Å². The molecule has 2 N–H and O–H groups in total. The monoisotopic (exact) mass is 309 g/mol. The number of rotatable bonds is 4. The Kier molecular flexibility index (Phi) is 4.35. The van der Waals surface area contributed by atoms with Gasteiger partial charge in [-0.1, -0.05) is 0 Å². The Balaban J connectivity index is 2.58. The van der Waals surface area contributed by atoms with Gasteiger partial charge in [0, 0.05) is 23.5 Å². The third-order valence-electron chi connectivity index (χ3n) is 3.69. The average Bonchev–Trinajstić information content (AvgIpc) is 2.45. The van der Waals surface area contributed by atoms with E-state index in [1.165, 1.54) is 19.2 Å². The minimum atomic E-state index is -1.53. The zero-order valence-electron chi connectivity index (χ0n) is 12.2. The molecule has 1 aliphatic heterocycles. The lowest BCUT2D eigenvalue weighted by Crippen LogP contribution is -2.34. The predicted octanol–water partition coefficient (Wildman–Crippen LogP) is 2.03. The lowest BCUT2D eigenvalue weighted by Gasteiger charge is -2.35. The summed E-state index contributed by atoms with van der Waals surface area (Å²) in [5.41, 5.74) is 0.409. The molecule has 0 radical (unpaired) electrons. The predicted molar refractivity (Wildman–Crippen MR) is 76.6 cm³/mol. The van der Waals surface area contributed by atoms with Gasteiger partial charge in [0.2, 0.25) is 0 Å². The number of hydrogen-bond acceptors (Lipinski definition) is 4. The third kappa shape index (κ3) is 2.74. The van der Waals surface area contributed by atoms with Gasteiger partial charge in [0.1, 0.15) is 0 Å². The first-order valence-corrected chi connectivity index (χ1v) is 6.69. The maximum atomic E-state index is 13.8. The summed E-state index contributed by atoms with van der Waals surface area (Å²) < 4.78 is 18.8. The zero-order chi connectivity index (χ0) is 16.4. The van der Waals surface area contributed by atoms with Crippen LogP contribution in [0.1, 0.15) is 18.9 Å². The highest BCUT2D eigenvalue weighted by Crippen LogP contribution is 2.38. The summed E-state index contributed by atoms with van der Waals surface area (Å²) >= 11 is 0. The molecule has 0 bridgehead atoms. The van der Waals surface area contributed by atoms with E-state index >= 15 is 0 Å². The van der Waals surface area contributed by atoms with Crippen molar-refractivity contribution < 1.29 is 28.9 Å². The highest BCUT2D eigenvalue weighted by Gasteiger charge is 2.28. The molecule has 0 saturated heterocycles. The molecule has 118 valence electrons. The Morgan fingerprint density at radius 1 is 1.36 bits per heavy atom. The van der Waals surface area contributed by atoms with Gasteiger partial charge in [-0.05, 0) is 31.9 Å². The van der Waals surface area contributed by atoms with Crippen LogP contribution in [0.5, 0.6) is 5.75 Å². The van der Waals surface area contributed by atoms with Crippen molar-refractivity contribution in [2.24, 2.45) is 0 Å². The molecule has 0 aromatic heterocycles. The maximum Gasteiger partial charge on any atom is 0.344 e. The number of carbonyl (C=O) groups is 2. The summed E-state index contributed by atoms with van der Waals surface area (Å²) in [5, 5.41) is 18.0. The number of halogens is 1. The van der Waals surface area contributed by atoms with Crippen molar-refractivity contribution >= 4 is 17.6 Å². The van der Waals surface area contributed by atoms with E-state index in [1.807, 2.05) is 6.92 Å². The number of methoxy groups -OCH3 is 1. The van der Waals surface area contributed by atoms with Gasteiger partial charge >= 0.3 is 11.9 Å². The van der Waals surface area contributed by atoms with Crippen molar-refractivity contribution in [2.45, 2.75) is 25.8 Å². The number of anilines is 1. The van der Waals surface area contributed by atoms with Crippen LogP contribution in [0.25, 0.3) is 0 Å². The molecule has 1 aromatic carbocycles. The fourth-order valence-electron chi connectivity index (χ4n) is 2.56. The number of hydrogen-bond donors (Lipinski definition) is 2. The molecular weight excluding hydrogens is 293 g/mol. The van der Waals surface area contributed by atoms with Gasteiger partial charge in [0.05, 0.1) is 7.11 Å². The fourth-order valence-corrected chi connectivity index (χ4v) is 2.56. The molecule has 2 rings (SSSR count). The molecular formula is C15H16FNO5. The van der Waals surface area contributed by atoms with Crippen molar-refractivity contribution in [3.8, 4) is 5.75 Å². The largest absolute Gasteiger partial charge is 0.493 e. The van der Waals surface area contributed by atoms with E-state index in [2.05, 4.69) is 0 Å². The fraction of sp³-hybridized carbons (Fsp3) is 0.333. The van der Waals surface area contributed by atoms with Crippen LogP contribution < -0.4 is 9.64 Å². The van der Waals surface area contributed by atoms with Crippen molar-refractivity contribution in [1.29, 1.82) is 0 Å². The SMILES string of the molecule is COc1c(F)ccc2c1CCC(C)N2C=C(C(=O)O)C(=O)O. The Labute approximate surface area is 126 Å². The van der Waals surface area contributed by atoms with E-state index in [0.29, 0.717) is 24.1 Å². The minimum Gasteiger partial charge on any atom is -0.493 e. The first-order chi connectivity index (χ1) is 10.4. The average molecular weight is 309 g/mol. The summed E-state index contributed by atoms with van der Waals surface area (Å²) in [6, 6.07) is 2.61. The molecule has 0 saturated carbocycles. The lowest BCUT2D eigenvalue weighted by atomic mass is 9.95. The minimum absolute atomic E-state index is 0.106. The second-order valence-corrected chi connectivity index (χ2v) is 5.03. The van der Waals surface area contributed by atoms with E-state index in [4.69, 9.17) is 14.9 Å². The molecule has 1 atom stereocenters. The smallest absolute Gasteiger partial charge is 0.344 e. The standard InChI is InChI=1S/C15H16FNO5/c1-8-3-4-9-12(6-5-11(16)13(9)22-2)17(8)7-10(14(18)19)15(20)21/h5-8H,3-4H2,1-2H3,(H,18,19)(H,20,21). The number of aliphatic carboxylic acids is 2. The molecule has 7 heteroatoms. The number of fused-ring (bicyclic) bond motifs is 1. The van der Waals surface area contributed by atoms with Crippen LogP contribution in [0.3, 0.4) is 0 Å². The Morgan fingerprint density at radius 3 is 2.55 bits per heavy atom. The number of benzene rings is 1. The van der Waals surface area contributed by atoms with Crippen molar-refractivity contribution in [3.05, 3.63) is 35.3 Å². The van der Waals surface area contributed by atoms with Crippen LogP contribution in [-0.2, 0) is 16.0 Å². The van der Waals surface area contributed by atoms with Crippen molar-refractivity contribution in [1.82, 2.24) is 0 Å². The van der Waals surface area contributed by atoms with Crippen LogP contribution in [0.15, 0.2) is 23.9 Å². The van der Waals surface area contributed by atoms with Crippen LogP contribution in [0, 0.1) is 5.82 Å². The highest BCUT2D eigenvalue weighted by molar-refractivity contribution is 6.12. The molecule has 0 spiro atoms. The number of carboxylic acids is 2. The van der Waals surface area contributed by atoms with Crippen LogP contribution >= 0.6 is 0 Å². The highest BCUT2D eigenvalue weighted by atomic mass is 19.1. The molecule has 1 heterocycles. The molecule has 1 aromatic rings. The molecule has 0 fully saturated rings. The normalized spacial score (nSPS) is 16.7. The molecule has 1 unspecified atom stereocenters. The zero-order valence-corrected chi connectivity index (χ0v) is 12.2. The first-order valence-electron chi connectivity index (χ1n) is 6.69. The Hall–Kier alpha value is -2.57. The van der Waals surface area contributed by atoms with Gasteiger partial charge in [-0.25, -0.2) is 14.0 Å². The number of carboxylic acid groups (broad SMARTS) is 2. The summed E-state index contributed by atoms with van der Waals surface area (Å²) in [6.07, 6.45) is 2.26. The van der Waals surface area contributed by atoms with E-state index in [9.17, 15) is 14.0 Å². The first kappa shape index (κ1) is 15.8. The Morgan fingerprint density at radius 2 is 2.00 bits per heavy atom.